The third-order valence-corrected chi connectivity index (χ3v) is 5.69. The quantitative estimate of drug-likeness (QED) is 0.372. The molecule has 0 radical (unpaired) electrons. The number of nitrogens with zero attached hydrogens (tertiary/aromatic N) is 2. The molecule has 3 N–H and O–H groups in total. The number of hydrogen-bond acceptors (Lipinski definition) is 6. The van der Waals surface area contributed by atoms with Crippen molar-refractivity contribution in [2.75, 3.05) is 18.5 Å². The predicted molar refractivity (Wildman–Crippen MR) is 129 cm³/mol. The van der Waals surface area contributed by atoms with Crippen LogP contribution >= 0.6 is 11.6 Å². The first kappa shape index (κ1) is 25.0. The van der Waals surface area contributed by atoms with E-state index in [0.717, 1.165) is 5.56 Å². The Morgan fingerprint density at radius 2 is 1.97 bits per heavy atom. The molecule has 0 saturated heterocycles. The van der Waals surface area contributed by atoms with E-state index >= 15 is 0 Å². The molecular weight excluding hydrogens is 460 g/mol. The number of amides is 1. The molecule has 9 nitrogen and oxygen atoms in total. The molecule has 1 aromatic carbocycles. The molecule has 0 aliphatic rings. The number of imidazole rings is 1. The first-order chi connectivity index (χ1) is 16.2. The number of pyridine rings is 1. The van der Waals surface area contributed by atoms with Gasteiger partial charge in [0.05, 0.1) is 6.61 Å². The van der Waals surface area contributed by atoms with E-state index in [4.69, 9.17) is 16.3 Å². The zero-order valence-electron chi connectivity index (χ0n) is 19.2. The van der Waals surface area contributed by atoms with Crippen LogP contribution in [0.1, 0.15) is 37.6 Å². The maximum absolute atomic E-state index is 12.8. The van der Waals surface area contributed by atoms with E-state index in [0.29, 0.717) is 28.6 Å². The van der Waals surface area contributed by atoms with Crippen molar-refractivity contribution in [1.29, 1.82) is 0 Å². The van der Waals surface area contributed by atoms with Gasteiger partial charge in [-0.15, -0.1) is 0 Å². The third-order valence-electron chi connectivity index (χ3n) is 5.46. The van der Waals surface area contributed by atoms with Crippen molar-refractivity contribution in [3.8, 4) is 11.3 Å². The average Bonchev–Trinajstić information content (AvgIpc) is 3.18. The molecule has 2 atom stereocenters. The van der Waals surface area contributed by atoms with Crippen LogP contribution < -0.4 is 10.6 Å². The Labute approximate surface area is 202 Å². The van der Waals surface area contributed by atoms with Gasteiger partial charge in [-0.05, 0) is 37.1 Å². The van der Waals surface area contributed by atoms with Crippen molar-refractivity contribution in [2.24, 2.45) is 5.92 Å². The minimum absolute atomic E-state index is 0.0768. The van der Waals surface area contributed by atoms with Gasteiger partial charge in [-0.3, -0.25) is 14.0 Å². The summed E-state index contributed by atoms with van der Waals surface area (Å²) in [5, 5.41) is 15.7. The fraction of sp³-hybridized carbons (Fsp3) is 0.333. The summed E-state index contributed by atoms with van der Waals surface area (Å²) >= 11 is 6.16. The van der Waals surface area contributed by atoms with E-state index in [1.165, 1.54) is 0 Å². The molecule has 34 heavy (non-hydrogen) atoms. The van der Waals surface area contributed by atoms with E-state index < -0.39 is 23.9 Å². The molecule has 2 unspecified atom stereocenters. The van der Waals surface area contributed by atoms with Crippen LogP contribution in [0.4, 0.5) is 5.82 Å². The highest BCUT2D eigenvalue weighted by atomic mass is 35.5. The predicted octanol–water partition coefficient (Wildman–Crippen LogP) is 3.86. The van der Waals surface area contributed by atoms with Crippen LogP contribution in [0.5, 0.6) is 0 Å². The Kier molecular flexibility index (Phi) is 8.12. The largest absolute Gasteiger partial charge is 0.480 e. The number of esters is 1. The van der Waals surface area contributed by atoms with Gasteiger partial charge in [0.25, 0.3) is 5.91 Å². The summed E-state index contributed by atoms with van der Waals surface area (Å²) < 4.78 is 6.70. The Morgan fingerprint density at radius 3 is 2.62 bits per heavy atom. The summed E-state index contributed by atoms with van der Waals surface area (Å²) in [6.45, 7) is 5.56. The number of fused-ring (bicyclic) bond motifs is 1. The van der Waals surface area contributed by atoms with Crippen LogP contribution in [0.15, 0.2) is 42.6 Å². The molecule has 0 saturated carbocycles. The van der Waals surface area contributed by atoms with E-state index in [1.807, 2.05) is 13.0 Å². The van der Waals surface area contributed by atoms with Crippen LogP contribution in [0.2, 0.25) is 5.02 Å². The molecule has 0 aliphatic carbocycles. The molecule has 180 valence electrons. The Hall–Kier alpha value is -3.59. The number of carbonyl (C=O) groups excluding carboxylic acids is 2. The van der Waals surface area contributed by atoms with Crippen molar-refractivity contribution in [3.05, 3.63) is 53.2 Å². The van der Waals surface area contributed by atoms with Crippen molar-refractivity contribution >= 4 is 40.9 Å². The van der Waals surface area contributed by atoms with Gasteiger partial charge < -0.3 is 20.5 Å². The van der Waals surface area contributed by atoms with E-state index in [1.54, 1.807) is 54.8 Å². The highest BCUT2D eigenvalue weighted by molar-refractivity contribution is 6.30. The fourth-order valence-electron chi connectivity index (χ4n) is 3.47. The Balaban J connectivity index is 1.99. The number of carbonyl (C=O) groups is 3. The number of carboxylic acids is 1. The second kappa shape index (κ2) is 11.0. The van der Waals surface area contributed by atoms with Crippen LogP contribution in [0, 0.1) is 5.92 Å². The molecule has 1 amide bonds. The lowest BCUT2D eigenvalue weighted by Gasteiger charge is -2.20. The number of hydrogen-bond donors (Lipinski definition) is 3. The first-order valence-electron chi connectivity index (χ1n) is 11.0. The highest BCUT2D eigenvalue weighted by Crippen LogP contribution is 2.30. The van der Waals surface area contributed by atoms with E-state index in [2.05, 4.69) is 15.6 Å². The van der Waals surface area contributed by atoms with Crippen LogP contribution in [-0.2, 0) is 14.3 Å². The monoisotopic (exact) mass is 486 g/mol. The number of anilines is 1. The highest BCUT2D eigenvalue weighted by Gasteiger charge is 2.26. The lowest BCUT2D eigenvalue weighted by Crippen LogP contribution is -2.45. The Bertz CT molecular complexity index is 1210. The van der Waals surface area contributed by atoms with Gasteiger partial charge >= 0.3 is 11.9 Å². The van der Waals surface area contributed by atoms with Gasteiger partial charge in [-0.1, -0.05) is 44.0 Å². The molecule has 0 bridgehead atoms. The summed E-state index contributed by atoms with van der Waals surface area (Å²) in [5.74, 6) is -1.72. The van der Waals surface area contributed by atoms with Gasteiger partial charge in [0.15, 0.2) is 0 Å². The summed E-state index contributed by atoms with van der Waals surface area (Å²) in [4.78, 5) is 41.0. The molecule has 0 spiro atoms. The molecule has 0 fully saturated rings. The minimum Gasteiger partial charge on any atom is -0.480 e. The van der Waals surface area contributed by atoms with Crippen LogP contribution in [-0.4, -0.2) is 51.5 Å². The SMILES string of the molecule is CCOC(=O)CNc1c(-c2cccc(Cl)c2)nc2cc(C(=O)NC(C(=O)O)C(C)CC)ccn12. The average molecular weight is 487 g/mol. The molecule has 2 heterocycles. The standard InChI is InChI=1S/C24H27ClN4O5/c1-4-14(3)20(24(32)33)28-23(31)16-9-10-29-18(12-16)27-21(15-7-6-8-17(25)11-15)22(29)26-13-19(30)34-5-2/h6-12,14,20,26H,4-5,13H2,1-3H3,(H,28,31)(H,32,33). The fourth-order valence-corrected chi connectivity index (χ4v) is 3.66. The normalized spacial score (nSPS) is 12.7. The minimum atomic E-state index is -1.08. The van der Waals surface area contributed by atoms with Gasteiger partial charge in [-0.2, -0.15) is 0 Å². The van der Waals surface area contributed by atoms with Gasteiger partial charge in [0, 0.05) is 22.3 Å². The van der Waals surface area contributed by atoms with E-state index in [9.17, 15) is 19.5 Å². The molecule has 10 heteroatoms. The lowest BCUT2D eigenvalue weighted by atomic mass is 9.99. The molecule has 3 aromatic rings. The van der Waals surface area contributed by atoms with Gasteiger partial charge in [0.1, 0.15) is 29.7 Å². The van der Waals surface area contributed by atoms with Gasteiger partial charge in [0.2, 0.25) is 0 Å². The van der Waals surface area contributed by atoms with E-state index in [-0.39, 0.29) is 24.6 Å². The lowest BCUT2D eigenvalue weighted by molar-refractivity contribution is -0.141. The Morgan fingerprint density at radius 1 is 1.21 bits per heavy atom. The van der Waals surface area contributed by atoms with Crippen molar-refractivity contribution in [1.82, 2.24) is 14.7 Å². The number of nitrogens with one attached hydrogen (secondary N) is 2. The number of aliphatic carboxylic acids is 1. The molecule has 0 aliphatic heterocycles. The number of halogens is 1. The number of carboxylic acid groups (broad SMARTS) is 1. The molecule has 3 rings (SSSR count). The summed E-state index contributed by atoms with van der Waals surface area (Å²) in [7, 11) is 0. The van der Waals surface area contributed by atoms with Crippen LogP contribution in [0.25, 0.3) is 16.9 Å². The second-order valence-corrected chi connectivity index (χ2v) is 8.23. The van der Waals surface area contributed by atoms with Crippen LogP contribution in [0.3, 0.4) is 0 Å². The smallest absolute Gasteiger partial charge is 0.326 e. The summed E-state index contributed by atoms with van der Waals surface area (Å²) in [6.07, 6.45) is 2.24. The first-order valence-corrected chi connectivity index (χ1v) is 11.3. The summed E-state index contributed by atoms with van der Waals surface area (Å²) in [6, 6.07) is 9.24. The molecular formula is C24H27ClN4O5. The summed E-state index contributed by atoms with van der Waals surface area (Å²) in [5.41, 5.74) is 1.95. The third kappa shape index (κ3) is 5.66. The molecule has 2 aromatic heterocycles. The zero-order valence-corrected chi connectivity index (χ0v) is 19.9. The maximum atomic E-state index is 12.8. The topological polar surface area (TPSA) is 122 Å². The second-order valence-electron chi connectivity index (χ2n) is 7.80. The maximum Gasteiger partial charge on any atom is 0.326 e. The number of rotatable bonds is 10. The van der Waals surface area contributed by atoms with Gasteiger partial charge in [-0.25, -0.2) is 9.78 Å². The van der Waals surface area contributed by atoms with Crippen molar-refractivity contribution in [2.45, 2.75) is 33.2 Å². The number of benzene rings is 1. The zero-order chi connectivity index (χ0) is 24.8. The van der Waals surface area contributed by atoms with Crippen molar-refractivity contribution in [3.63, 3.8) is 0 Å². The number of ether oxygens (including phenoxy) is 1. The number of aromatic nitrogens is 2. The van der Waals surface area contributed by atoms with Crippen molar-refractivity contribution < 1.29 is 24.2 Å².